The van der Waals surface area contributed by atoms with Gasteiger partial charge in [-0.25, -0.2) is 9.67 Å². The molecule has 0 unspecified atom stereocenters. The highest BCUT2D eigenvalue weighted by molar-refractivity contribution is 7.11. The van der Waals surface area contributed by atoms with Crippen molar-refractivity contribution in [3.05, 3.63) is 28.0 Å². The first-order chi connectivity index (χ1) is 10.2. The van der Waals surface area contributed by atoms with Gasteiger partial charge in [-0.15, -0.1) is 41.2 Å². The number of aromatic nitrogens is 4. The first kappa shape index (κ1) is 19.8. The number of amides is 1. The number of nitrogens with one attached hydrogen (secondary N) is 2. The van der Waals surface area contributed by atoms with Crippen LogP contribution in [0.15, 0.2) is 12.4 Å². The van der Waals surface area contributed by atoms with Gasteiger partial charge in [-0.05, 0) is 32.9 Å². The lowest BCUT2D eigenvalue weighted by Crippen LogP contribution is -2.29. The number of aryl methyl sites for hydroxylation is 1. The van der Waals surface area contributed by atoms with E-state index in [9.17, 15) is 4.79 Å². The van der Waals surface area contributed by atoms with Gasteiger partial charge in [0.1, 0.15) is 0 Å². The van der Waals surface area contributed by atoms with Gasteiger partial charge in [-0.3, -0.25) is 4.79 Å². The molecule has 7 nitrogen and oxygen atoms in total. The highest BCUT2D eigenvalue weighted by Gasteiger charge is 2.18. The smallest absolute Gasteiger partial charge is 0.273 e. The molecule has 1 saturated heterocycles. The van der Waals surface area contributed by atoms with Crippen molar-refractivity contribution in [2.45, 2.75) is 32.4 Å². The number of rotatable bonds is 4. The fourth-order valence-corrected chi connectivity index (χ4v) is 3.11. The quantitative estimate of drug-likeness (QED) is 0.846. The number of thiazole rings is 1. The maximum atomic E-state index is 12.1. The number of halogens is 2. The second kappa shape index (κ2) is 9.17. The molecular weight excluding hydrogens is 359 g/mol. The van der Waals surface area contributed by atoms with Crippen molar-refractivity contribution < 1.29 is 4.79 Å². The molecule has 0 spiro atoms. The van der Waals surface area contributed by atoms with Crippen LogP contribution in [0.2, 0.25) is 0 Å². The molecule has 1 aliphatic rings. The number of carbonyl (C=O) groups excluding carboxylic acids is 1. The Morgan fingerprint density at radius 1 is 1.43 bits per heavy atom. The van der Waals surface area contributed by atoms with E-state index in [4.69, 9.17) is 0 Å². The molecule has 3 heterocycles. The standard InChI is InChI=1S/C13H18N6OS.2ClH/c1-9-15-6-11(21-9)7-16-13(20)12-8-19(18-17-12)10-2-4-14-5-3-10;;/h6,8,10,14H,2-5,7H2,1H3,(H,16,20);2*1H. The van der Waals surface area contributed by atoms with E-state index in [2.05, 4.69) is 25.9 Å². The summed E-state index contributed by atoms with van der Waals surface area (Å²) in [4.78, 5) is 17.3. The zero-order valence-corrected chi connectivity index (χ0v) is 15.1. The van der Waals surface area contributed by atoms with Gasteiger partial charge in [0.25, 0.3) is 5.91 Å². The van der Waals surface area contributed by atoms with Crippen molar-refractivity contribution >= 4 is 42.1 Å². The van der Waals surface area contributed by atoms with Crippen molar-refractivity contribution in [1.82, 2.24) is 30.6 Å². The van der Waals surface area contributed by atoms with Crippen LogP contribution < -0.4 is 10.6 Å². The van der Waals surface area contributed by atoms with Crippen LogP contribution in [0.25, 0.3) is 0 Å². The number of piperidine rings is 1. The van der Waals surface area contributed by atoms with E-state index >= 15 is 0 Å². The maximum Gasteiger partial charge on any atom is 0.273 e. The largest absolute Gasteiger partial charge is 0.346 e. The first-order valence-corrected chi connectivity index (χ1v) is 7.86. The lowest BCUT2D eigenvalue weighted by Gasteiger charge is -2.22. The fraction of sp³-hybridized carbons (Fsp3) is 0.538. The molecule has 10 heteroatoms. The normalized spacial score (nSPS) is 14.7. The number of hydrogen-bond acceptors (Lipinski definition) is 6. The van der Waals surface area contributed by atoms with Gasteiger partial charge >= 0.3 is 0 Å². The van der Waals surface area contributed by atoms with Crippen molar-refractivity contribution in [3.8, 4) is 0 Å². The minimum Gasteiger partial charge on any atom is -0.346 e. The summed E-state index contributed by atoms with van der Waals surface area (Å²) in [7, 11) is 0. The van der Waals surface area contributed by atoms with Crippen molar-refractivity contribution in [2.75, 3.05) is 13.1 Å². The predicted molar refractivity (Wildman–Crippen MR) is 93.7 cm³/mol. The molecule has 128 valence electrons. The summed E-state index contributed by atoms with van der Waals surface area (Å²) < 4.78 is 1.81. The average molecular weight is 379 g/mol. The lowest BCUT2D eigenvalue weighted by molar-refractivity contribution is 0.0946. The highest BCUT2D eigenvalue weighted by Crippen LogP contribution is 2.17. The van der Waals surface area contributed by atoms with Crippen molar-refractivity contribution in [1.29, 1.82) is 0 Å². The third-order valence-corrected chi connectivity index (χ3v) is 4.43. The van der Waals surface area contributed by atoms with E-state index in [1.165, 1.54) is 0 Å². The Morgan fingerprint density at radius 3 is 2.83 bits per heavy atom. The van der Waals surface area contributed by atoms with Gasteiger partial charge < -0.3 is 10.6 Å². The highest BCUT2D eigenvalue weighted by atomic mass is 35.5. The van der Waals surface area contributed by atoms with Gasteiger partial charge in [0.2, 0.25) is 0 Å². The van der Waals surface area contributed by atoms with Crippen LogP contribution in [-0.4, -0.2) is 39.0 Å². The monoisotopic (exact) mass is 378 g/mol. The zero-order valence-electron chi connectivity index (χ0n) is 12.7. The topological polar surface area (TPSA) is 84.7 Å². The molecule has 0 saturated carbocycles. The van der Waals surface area contributed by atoms with Crippen LogP contribution in [0.5, 0.6) is 0 Å². The fourth-order valence-electron chi connectivity index (χ4n) is 2.38. The summed E-state index contributed by atoms with van der Waals surface area (Å²) in [6.07, 6.45) is 5.56. The molecule has 0 aliphatic carbocycles. The summed E-state index contributed by atoms with van der Waals surface area (Å²) in [6, 6.07) is 0.337. The summed E-state index contributed by atoms with van der Waals surface area (Å²) in [5, 5.41) is 15.2. The van der Waals surface area contributed by atoms with Crippen LogP contribution in [0.1, 0.15) is 39.3 Å². The molecule has 0 radical (unpaired) electrons. The molecule has 2 aromatic heterocycles. The Morgan fingerprint density at radius 2 is 2.17 bits per heavy atom. The Kier molecular flexibility index (Phi) is 7.90. The zero-order chi connectivity index (χ0) is 14.7. The van der Waals surface area contributed by atoms with Crippen LogP contribution in [0, 0.1) is 6.92 Å². The Balaban J connectivity index is 0.00000132. The Bertz CT molecular complexity index is 626. The summed E-state index contributed by atoms with van der Waals surface area (Å²) in [5.41, 5.74) is 0.370. The van der Waals surface area contributed by atoms with E-state index < -0.39 is 0 Å². The lowest BCUT2D eigenvalue weighted by atomic mass is 10.1. The van der Waals surface area contributed by atoms with E-state index in [0.29, 0.717) is 18.3 Å². The van der Waals surface area contributed by atoms with E-state index in [-0.39, 0.29) is 30.7 Å². The third kappa shape index (κ3) is 5.13. The van der Waals surface area contributed by atoms with Crippen LogP contribution in [0.3, 0.4) is 0 Å². The second-order valence-corrected chi connectivity index (χ2v) is 6.41. The SMILES string of the molecule is Cc1ncc(CNC(=O)c2cn(C3CCNCC3)nn2)s1.Cl.Cl. The molecule has 23 heavy (non-hydrogen) atoms. The molecular formula is C13H20Cl2N6OS. The average Bonchev–Trinajstić information content (AvgIpc) is 3.15. The molecule has 1 fully saturated rings. The summed E-state index contributed by atoms with van der Waals surface area (Å²) in [5.74, 6) is -0.193. The van der Waals surface area contributed by atoms with E-state index in [1.54, 1.807) is 23.7 Å². The molecule has 1 aliphatic heterocycles. The number of nitrogens with zero attached hydrogens (tertiary/aromatic N) is 4. The van der Waals surface area contributed by atoms with Gasteiger partial charge in [-0.1, -0.05) is 5.21 Å². The summed E-state index contributed by atoms with van der Waals surface area (Å²) >= 11 is 1.58. The summed E-state index contributed by atoms with van der Waals surface area (Å²) in [6.45, 7) is 4.39. The maximum absolute atomic E-state index is 12.1. The molecule has 2 aromatic rings. The number of carbonyl (C=O) groups is 1. The minimum atomic E-state index is -0.193. The van der Waals surface area contributed by atoms with Gasteiger partial charge in [0.05, 0.1) is 23.8 Å². The van der Waals surface area contributed by atoms with Gasteiger partial charge in [0.15, 0.2) is 5.69 Å². The molecule has 3 rings (SSSR count). The molecule has 0 bridgehead atoms. The van der Waals surface area contributed by atoms with Gasteiger partial charge in [0, 0.05) is 11.1 Å². The van der Waals surface area contributed by atoms with Crippen LogP contribution in [-0.2, 0) is 6.54 Å². The van der Waals surface area contributed by atoms with Gasteiger partial charge in [-0.2, -0.15) is 0 Å². The van der Waals surface area contributed by atoms with E-state index in [0.717, 1.165) is 35.8 Å². The Hall–Kier alpha value is -1.22. The molecule has 2 N–H and O–H groups in total. The van der Waals surface area contributed by atoms with Crippen molar-refractivity contribution in [2.24, 2.45) is 0 Å². The number of hydrogen-bond donors (Lipinski definition) is 2. The second-order valence-electron chi connectivity index (χ2n) is 5.09. The van der Waals surface area contributed by atoms with E-state index in [1.807, 2.05) is 11.6 Å². The van der Waals surface area contributed by atoms with Crippen LogP contribution >= 0.6 is 36.2 Å². The molecule has 1 amide bonds. The third-order valence-electron chi connectivity index (χ3n) is 3.52. The molecule has 0 aromatic carbocycles. The predicted octanol–water partition coefficient (Wildman–Crippen LogP) is 1.74. The van der Waals surface area contributed by atoms with Crippen LogP contribution in [0.4, 0.5) is 0 Å². The molecule has 0 atom stereocenters. The minimum absolute atomic E-state index is 0. The Labute approximate surface area is 151 Å². The first-order valence-electron chi connectivity index (χ1n) is 7.04. The van der Waals surface area contributed by atoms with Crippen molar-refractivity contribution in [3.63, 3.8) is 0 Å².